The molecule has 3 N–H and O–H groups in total. The fourth-order valence-corrected chi connectivity index (χ4v) is 3.29. The Bertz CT molecular complexity index is 1060. The summed E-state index contributed by atoms with van der Waals surface area (Å²) >= 11 is 0. The van der Waals surface area contributed by atoms with Gasteiger partial charge >= 0.3 is 0 Å². The largest absolute Gasteiger partial charge is 0.495 e. The van der Waals surface area contributed by atoms with Crippen molar-refractivity contribution in [3.05, 3.63) is 54.1 Å². The number of benzene rings is 3. The van der Waals surface area contributed by atoms with E-state index in [0.29, 0.717) is 0 Å². The Balaban J connectivity index is 1.94. The van der Waals surface area contributed by atoms with Gasteiger partial charge in [0.1, 0.15) is 16.8 Å². The van der Waals surface area contributed by atoms with Crippen LogP contribution in [0.15, 0.2) is 48.5 Å². The van der Waals surface area contributed by atoms with Crippen molar-refractivity contribution in [1.29, 1.82) is 0 Å². The lowest BCUT2D eigenvalue weighted by molar-refractivity contribution is 0.417. The second-order valence-electron chi connectivity index (χ2n) is 6.29. The number of hydrogen-bond acceptors (Lipinski definition) is 5. The number of nitrogens with zero attached hydrogens (tertiary/aromatic N) is 3. The lowest BCUT2D eigenvalue weighted by Crippen LogP contribution is -2.07. The number of anilines is 1. The van der Waals surface area contributed by atoms with E-state index in [9.17, 15) is 0 Å². The van der Waals surface area contributed by atoms with Crippen LogP contribution in [-0.2, 0) is 0 Å². The van der Waals surface area contributed by atoms with Crippen molar-refractivity contribution in [2.45, 2.75) is 13.0 Å². The van der Waals surface area contributed by atoms with Crippen LogP contribution >= 0.6 is 0 Å². The van der Waals surface area contributed by atoms with Crippen molar-refractivity contribution < 1.29 is 4.74 Å². The van der Waals surface area contributed by atoms with Gasteiger partial charge in [-0.15, -0.1) is 15.0 Å². The Morgan fingerprint density at radius 2 is 1.73 bits per heavy atom. The highest BCUT2D eigenvalue weighted by atomic mass is 16.5. The van der Waals surface area contributed by atoms with Gasteiger partial charge in [0.05, 0.1) is 18.5 Å². The normalized spacial score (nSPS) is 12.5. The SMILES string of the molecule is CNc1cc2nn(-c3ccc([C@@H](C)N)c4ccccc34)nc2cc1OC. The quantitative estimate of drug-likeness (QED) is 0.589. The van der Waals surface area contributed by atoms with Gasteiger partial charge in [-0.3, -0.25) is 0 Å². The van der Waals surface area contributed by atoms with Crippen LogP contribution in [0.1, 0.15) is 18.5 Å². The van der Waals surface area contributed by atoms with E-state index >= 15 is 0 Å². The molecule has 4 rings (SSSR count). The van der Waals surface area contributed by atoms with Crippen LogP contribution in [-0.4, -0.2) is 29.2 Å². The van der Waals surface area contributed by atoms with Crippen molar-refractivity contribution in [3.63, 3.8) is 0 Å². The molecule has 0 bridgehead atoms. The minimum atomic E-state index is -0.0407. The van der Waals surface area contributed by atoms with Gasteiger partial charge in [-0.2, -0.15) is 0 Å². The first kappa shape index (κ1) is 16.4. The van der Waals surface area contributed by atoms with Crippen LogP contribution in [0.3, 0.4) is 0 Å². The van der Waals surface area contributed by atoms with E-state index in [2.05, 4.69) is 33.7 Å². The summed E-state index contributed by atoms with van der Waals surface area (Å²) in [6, 6.07) is 16.1. The average Bonchev–Trinajstić information content (AvgIpc) is 3.08. The fourth-order valence-electron chi connectivity index (χ4n) is 3.29. The molecule has 3 aromatic carbocycles. The number of hydrogen-bond donors (Lipinski definition) is 2. The lowest BCUT2D eigenvalue weighted by atomic mass is 9.99. The number of nitrogens with two attached hydrogens (primary N) is 1. The number of fused-ring (bicyclic) bond motifs is 2. The number of ether oxygens (including phenoxy) is 1. The van der Waals surface area contributed by atoms with E-state index in [-0.39, 0.29) is 6.04 Å². The summed E-state index contributed by atoms with van der Waals surface area (Å²) in [5, 5.41) is 14.6. The molecule has 1 aromatic heterocycles. The summed E-state index contributed by atoms with van der Waals surface area (Å²) in [5.74, 6) is 0.740. The van der Waals surface area contributed by atoms with Gasteiger partial charge in [0.25, 0.3) is 0 Å². The second-order valence-corrected chi connectivity index (χ2v) is 6.29. The fraction of sp³-hybridized carbons (Fsp3) is 0.200. The van der Waals surface area contributed by atoms with Gasteiger partial charge < -0.3 is 15.8 Å². The maximum Gasteiger partial charge on any atom is 0.144 e. The Labute approximate surface area is 151 Å². The minimum absolute atomic E-state index is 0.0407. The van der Waals surface area contributed by atoms with E-state index in [0.717, 1.165) is 44.5 Å². The molecule has 0 amide bonds. The molecule has 26 heavy (non-hydrogen) atoms. The van der Waals surface area contributed by atoms with E-state index in [1.165, 1.54) is 0 Å². The first-order valence-corrected chi connectivity index (χ1v) is 8.53. The summed E-state index contributed by atoms with van der Waals surface area (Å²) in [5.41, 5.74) is 10.6. The molecule has 4 aromatic rings. The molecular formula is C20H21N5O. The van der Waals surface area contributed by atoms with E-state index in [4.69, 9.17) is 10.5 Å². The van der Waals surface area contributed by atoms with Gasteiger partial charge in [0, 0.05) is 24.5 Å². The number of methoxy groups -OCH3 is 1. The number of rotatable bonds is 4. The maximum atomic E-state index is 6.13. The Morgan fingerprint density at radius 1 is 1.04 bits per heavy atom. The molecule has 0 saturated heterocycles. The van der Waals surface area contributed by atoms with Crippen molar-refractivity contribution in [2.24, 2.45) is 5.73 Å². The van der Waals surface area contributed by atoms with Crippen LogP contribution in [0.2, 0.25) is 0 Å². The smallest absolute Gasteiger partial charge is 0.144 e. The minimum Gasteiger partial charge on any atom is -0.495 e. The van der Waals surface area contributed by atoms with Gasteiger partial charge in [-0.05, 0) is 30.0 Å². The Hall–Kier alpha value is -3.12. The van der Waals surface area contributed by atoms with E-state index in [1.54, 1.807) is 11.9 Å². The summed E-state index contributed by atoms with van der Waals surface area (Å²) in [6.07, 6.45) is 0. The third kappa shape index (κ3) is 2.55. The third-order valence-corrected chi connectivity index (χ3v) is 4.61. The Morgan fingerprint density at radius 3 is 2.38 bits per heavy atom. The molecule has 0 aliphatic carbocycles. The third-order valence-electron chi connectivity index (χ3n) is 4.61. The zero-order valence-electron chi connectivity index (χ0n) is 15.0. The number of nitrogens with one attached hydrogen (secondary N) is 1. The topological polar surface area (TPSA) is 78.0 Å². The van der Waals surface area contributed by atoms with Crippen molar-refractivity contribution in [1.82, 2.24) is 15.0 Å². The molecule has 0 spiro atoms. The second kappa shape index (κ2) is 6.31. The molecule has 0 fully saturated rings. The van der Waals surface area contributed by atoms with Crippen LogP contribution in [0.4, 0.5) is 5.69 Å². The van der Waals surface area contributed by atoms with Gasteiger partial charge in [0.15, 0.2) is 0 Å². The molecule has 6 heteroatoms. The molecule has 132 valence electrons. The molecule has 0 aliphatic heterocycles. The summed E-state index contributed by atoms with van der Waals surface area (Å²) in [6.45, 7) is 1.99. The first-order chi connectivity index (χ1) is 12.6. The zero-order valence-corrected chi connectivity index (χ0v) is 15.0. The molecule has 6 nitrogen and oxygen atoms in total. The van der Waals surface area contributed by atoms with Gasteiger partial charge in [0.2, 0.25) is 0 Å². The highest BCUT2D eigenvalue weighted by molar-refractivity contribution is 5.93. The van der Waals surface area contributed by atoms with E-state index in [1.807, 2.05) is 44.3 Å². The Kier molecular flexibility index (Phi) is 3.97. The highest BCUT2D eigenvalue weighted by Crippen LogP contribution is 2.31. The number of aromatic nitrogens is 3. The predicted octanol–water partition coefficient (Wildman–Crippen LogP) is 3.64. The van der Waals surface area contributed by atoms with Gasteiger partial charge in [-0.1, -0.05) is 30.3 Å². The van der Waals surface area contributed by atoms with Crippen LogP contribution in [0.5, 0.6) is 5.75 Å². The summed E-state index contributed by atoms with van der Waals surface area (Å²) in [7, 11) is 3.50. The summed E-state index contributed by atoms with van der Waals surface area (Å²) < 4.78 is 5.42. The van der Waals surface area contributed by atoms with Gasteiger partial charge in [-0.25, -0.2) is 0 Å². The van der Waals surface area contributed by atoms with Crippen molar-refractivity contribution in [2.75, 3.05) is 19.5 Å². The maximum absolute atomic E-state index is 6.13. The molecular weight excluding hydrogens is 326 g/mol. The van der Waals surface area contributed by atoms with Crippen molar-refractivity contribution >= 4 is 27.5 Å². The molecule has 0 saturated carbocycles. The molecule has 0 unspecified atom stereocenters. The van der Waals surface area contributed by atoms with Crippen LogP contribution < -0.4 is 15.8 Å². The van der Waals surface area contributed by atoms with Crippen molar-refractivity contribution in [3.8, 4) is 11.4 Å². The van der Waals surface area contributed by atoms with Crippen LogP contribution in [0.25, 0.3) is 27.5 Å². The monoisotopic (exact) mass is 347 g/mol. The summed E-state index contributed by atoms with van der Waals surface area (Å²) in [4.78, 5) is 1.68. The molecule has 0 radical (unpaired) electrons. The molecule has 0 aliphatic rings. The average molecular weight is 347 g/mol. The lowest BCUT2D eigenvalue weighted by Gasteiger charge is -2.12. The first-order valence-electron chi connectivity index (χ1n) is 8.53. The standard InChI is InChI=1S/C20H21N5O/c1-12(21)13-8-9-19(15-7-5-4-6-14(13)15)25-23-16-10-18(22-2)20(26-3)11-17(16)24-25/h4-12,22H,21H2,1-3H3/t12-/m1/s1. The molecule has 1 heterocycles. The highest BCUT2D eigenvalue weighted by Gasteiger charge is 2.14. The molecule has 1 atom stereocenters. The van der Waals surface area contributed by atoms with E-state index < -0.39 is 0 Å². The van der Waals surface area contributed by atoms with Crippen LogP contribution in [0, 0.1) is 0 Å². The zero-order chi connectivity index (χ0) is 18.3. The predicted molar refractivity (Wildman–Crippen MR) is 105 cm³/mol.